The zero-order valence-corrected chi connectivity index (χ0v) is 24.4. The second-order valence-electron chi connectivity index (χ2n) is 11.5. The Morgan fingerprint density at radius 3 is 1.98 bits per heavy atom. The van der Waals surface area contributed by atoms with E-state index in [0.29, 0.717) is 22.5 Å². The summed E-state index contributed by atoms with van der Waals surface area (Å²) in [7, 11) is 0. The molecule has 0 atom stereocenters. The van der Waals surface area contributed by atoms with Gasteiger partial charge in [0, 0.05) is 10.8 Å². The number of nitrogens with zero attached hydrogens (tertiary/aromatic N) is 2. The number of amides is 2. The smallest absolute Gasteiger partial charge is 0.268 e. The van der Waals surface area contributed by atoms with E-state index in [1.165, 1.54) is 21.6 Å². The van der Waals surface area contributed by atoms with Gasteiger partial charge in [0.15, 0.2) is 0 Å². The van der Waals surface area contributed by atoms with Crippen molar-refractivity contribution in [3.8, 4) is 27.9 Å². The van der Waals surface area contributed by atoms with Crippen LogP contribution in [0.5, 0.6) is 0 Å². The molecule has 0 radical (unpaired) electrons. The van der Waals surface area contributed by atoms with Crippen molar-refractivity contribution in [2.24, 2.45) is 0 Å². The van der Waals surface area contributed by atoms with E-state index >= 15 is 0 Å². The van der Waals surface area contributed by atoms with Crippen LogP contribution >= 0.6 is 0 Å². The number of rotatable bonds is 4. The van der Waals surface area contributed by atoms with Crippen LogP contribution in [0.4, 0.5) is 5.69 Å². The monoisotopic (exact) mass is 568 g/mol. The van der Waals surface area contributed by atoms with Gasteiger partial charge in [-0.2, -0.15) is 0 Å². The Kier molecular flexibility index (Phi) is 5.85. The van der Waals surface area contributed by atoms with E-state index in [1.54, 1.807) is 6.07 Å². The van der Waals surface area contributed by atoms with Crippen molar-refractivity contribution in [2.45, 2.75) is 13.8 Å². The number of hydrogen-bond acceptors (Lipinski definition) is 2. The van der Waals surface area contributed by atoms with Crippen LogP contribution in [0.1, 0.15) is 31.8 Å². The van der Waals surface area contributed by atoms with Gasteiger partial charge in [-0.05, 0) is 78.6 Å². The number of carbonyl (C=O) groups is 2. The Hall–Kier alpha value is -5.74. The van der Waals surface area contributed by atoms with Crippen molar-refractivity contribution >= 4 is 39.3 Å². The molecule has 0 spiro atoms. The molecule has 0 aliphatic carbocycles. The molecule has 2 heterocycles. The molecule has 0 saturated carbocycles. The first kappa shape index (κ1) is 25.9. The molecular formula is C40H28N2O2. The van der Waals surface area contributed by atoms with E-state index in [2.05, 4.69) is 66.9 Å². The third-order valence-corrected chi connectivity index (χ3v) is 8.57. The number of carbonyl (C=O) groups excluding carboxylic acids is 2. The summed E-state index contributed by atoms with van der Waals surface area (Å²) in [6.45, 7) is 4.24. The largest absolute Gasteiger partial charge is 0.308 e. The van der Waals surface area contributed by atoms with Gasteiger partial charge in [0.05, 0.1) is 33.5 Å². The van der Waals surface area contributed by atoms with Crippen molar-refractivity contribution in [1.29, 1.82) is 0 Å². The molecule has 0 fully saturated rings. The lowest BCUT2D eigenvalue weighted by Crippen LogP contribution is -2.29. The van der Waals surface area contributed by atoms with Gasteiger partial charge in [-0.25, -0.2) is 4.90 Å². The number of imide groups is 1. The Morgan fingerprint density at radius 1 is 0.477 bits per heavy atom. The van der Waals surface area contributed by atoms with E-state index in [0.717, 1.165) is 38.5 Å². The maximum Gasteiger partial charge on any atom is 0.268 e. The molecule has 4 nitrogen and oxygen atoms in total. The van der Waals surface area contributed by atoms with Crippen LogP contribution in [0.2, 0.25) is 0 Å². The van der Waals surface area contributed by atoms with E-state index in [9.17, 15) is 9.59 Å². The van der Waals surface area contributed by atoms with E-state index in [4.69, 9.17) is 0 Å². The van der Waals surface area contributed by atoms with Gasteiger partial charge < -0.3 is 4.57 Å². The number of benzene rings is 6. The summed E-state index contributed by atoms with van der Waals surface area (Å²) < 4.78 is 2.13. The highest BCUT2D eigenvalue weighted by Gasteiger charge is 2.39. The minimum atomic E-state index is -0.316. The van der Waals surface area contributed by atoms with Crippen LogP contribution in [0, 0.1) is 13.8 Å². The minimum Gasteiger partial charge on any atom is -0.308 e. The van der Waals surface area contributed by atoms with Gasteiger partial charge in [0.2, 0.25) is 0 Å². The second-order valence-corrected chi connectivity index (χ2v) is 11.5. The molecule has 4 heteroatoms. The summed E-state index contributed by atoms with van der Waals surface area (Å²) >= 11 is 0. The van der Waals surface area contributed by atoms with Crippen LogP contribution in [-0.4, -0.2) is 16.4 Å². The summed E-state index contributed by atoms with van der Waals surface area (Å²) in [5.74, 6) is -0.626. The standard InChI is InChI=1S/C40H28N2O2/c1-25-20-26(2)22-30(21-25)29-18-19-36-34(24-29)32-14-6-7-16-35(32)42(36)37-17-9-15-33-38(37)40(44)41(39(33)43)31-13-8-12-28(23-31)27-10-4-3-5-11-27/h3-24H,1-2H3. The van der Waals surface area contributed by atoms with Gasteiger partial charge in [-0.15, -0.1) is 0 Å². The summed E-state index contributed by atoms with van der Waals surface area (Å²) in [6, 6.07) is 44.5. The van der Waals surface area contributed by atoms with E-state index in [1.807, 2.05) is 78.9 Å². The minimum absolute atomic E-state index is 0.310. The number of fused-ring (bicyclic) bond motifs is 4. The van der Waals surface area contributed by atoms with Gasteiger partial charge in [-0.3, -0.25) is 9.59 Å². The topological polar surface area (TPSA) is 42.3 Å². The van der Waals surface area contributed by atoms with Gasteiger partial charge >= 0.3 is 0 Å². The Balaban J connectivity index is 1.29. The SMILES string of the molecule is Cc1cc(C)cc(-c2ccc3c(c2)c2ccccc2n3-c2cccc3c2C(=O)N(c2cccc(-c4ccccc4)c2)C3=O)c1. The fourth-order valence-corrected chi connectivity index (χ4v) is 6.70. The van der Waals surface area contributed by atoms with E-state index < -0.39 is 0 Å². The highest BCUT2D eigenvalue weighted by Crippen LogP contribution is 2.39. The summed E-state index contributed by atoms with van der Waals surface area (Å²) in [5, 5.41) is 2.19. The zero-order chi connectivity index (χ0) is 29.9. The maximum absolute atomic E-state index is 14.2. The van der Waals surface area contributed by atoms with Crippen LogP contribution in [-0.2, 0) is 0 Å². The van der Waals surface area contributed by atoms with Crippen molar-refractivity contribution < 1.29 is 9.59 Å². The van der Waals surface area contributed by atoms with Crippen molar-refractivity contribution in [2.75, 3.05) is 4.90 Å². The molecule has 44 heavy (non-hydrogen) atoms. The first-order valence-electron chi connectivity index (χ1n) is 14.8. The molecule has 6 aromatic carbocycles. The molecule has 0 N–H and O–H groups in total. The highest BCUT2D eigenvalue weighted by atomic mass is 16.2. The lowest BCUT2D eigenvalue weighted by Gasteiger charge is -2.16. The fourth-order valence-electron chi connectivity index (χ4n) is 6.70. The van der Waals surface area contributed by atoms with Crippen molar-refractivity contribution in [1.82, 2.24) is 4.57 Å². The molecule has 8 rings (SSSR count). The van der Waals surface area contributed by atoms with Crippen LogP contribution in [0.25, 0.3) is 49.7 Å². The Bertz CT molecular complexity index is 2270. The molecule has 0 saturated heterocycles. The summed E-state index contributed by atoms with van der Waals surface area (Å²) in [4.78, 5) is 29.4. The maximum atomic E-state index is 14.2. The Morgan fingerprint density at radius 2 is 1.16 bits per heavy atom. The predicted molar refractivity (Wildman–Crippen MR) is 179 cm³/mol. The van der Waals surface area contributed by atoms with Crippen LogP contribution in [0.15, 0.2) is 133 Å². The molecule has 0 bridgehead atoms. The average molecular weight is 569 g/mol. The molecule has 1 aliphatic heterocycles. The molecule has 210 valence electrons. The van der Waals surface area contributed by atoms with Crippen molar-refractivity contribution in [3.05, 3.63) is 156 Å². The zero-order valence-electron chi connectivity index (χ0n) is 24.4. The van der Waals surface area contributed by atoms with Crippen molar-refractivity contribution in [3.63, 3.8) is 0 Å². The van der Waals surface area contributed by atoms with Gasteiger partial charge in [0.25, 0.3) is 11.8 Å². The van der Waals surface area contributed by atoms with E-state index in [-0.39, 0.29) is 11.8 Å². The van der Waals surface area contributed by atoms with Gasteiger partial charge in [-0.1, -0.05) is 102 Å². The number of anilines is 1. The number of para-hydroxylation sites is 1. The first-order valence-corrected chi connectivity index (χ1v) is 14.8. The number of aryl methyl sites for hydroxylation is 2. The normalized spacial score (nSPS) is 12.8. The molecule has 2 amide bonds. The van der Waals surface area contributed by atoms with Crippen LogP contribution < -0.4 is 4.90 Å². The fraction of sp³-hybridized carbons (Fsp3) is 0.0500. The predicted octanol–water partition coefficient (Wildman–Crippen LogP) is 9.54. The summed E-state index contributed by atoms with van der Waals surface area (Å²) in [6.07, 6.45) is 0. The molecular weight excluding hydrogens is 540 g/mol. The molecule has 0 unspecified atom stereocenters. The highest BCUT2D eigenvalue weighted by molar-refractivity contribution is 6.36. The first-order chi connectivity index (χ1) is 21.5. The third-order valence-electron chi connectivity index (χ3n) is 8.57. The number of hydrogen-bond donors (Lipinski definition) is 0. The molecule has 1 aliphatic rings. The molecule has 1 aromatic heterocycles. The molecule has 7 aromatic rings. The second kappa shape index (κ2) is 9.92. The average Bonchev–Trinajstić information content (AvgIpc) is 3.51. The van der Waals surface area contributed by atoms with Crippen LogP contribution in [0.3, 0.4) is 0 Å². The Labute approximate surface area is 255 Å². The summed E-state index contributed by atoms with van der Waals surface area (Å²) in [5.41, 5.74) is 10.8. The lowest BCUT2D eigenvalue weighted by atomic mass is 9.99. The quantitative estimate of drug-likeness (QED) is 0.198. The number of aromatic nitrogens is 1. The third kappa shape index (κ3) is 3.99. The van der Waals surface area contributed by atoms with Gasteiger partial charge in [0.1, 0.15) is 0 Å². The lowest BCUT2D eigenvalue weighted by molar-refractivity contribution is 0.0926.